The molecule has 0 aliphatic heterocycles. The van der Waals surface area contributed by atoms with Crippen molar-refractivity contribution in [3.63, 3.8) is 0 Å². The molecule has 0 unspecified atom stereocenters. The summed E-state index contributed by atoms with van der Waals surface area (Å²) in [5.41, 5.74) is 5.04. The van der Waals surface area contributed by atoms with Gasteiger partial charge < -0.3 is 15.4 Å². The van der Waals surface area contributed by atoms with E-state index in [2.05, 4.69) is 16.7 Å². The van der Waals surface area contributed by atoms with Crippen LogP contribution < -0.4 is 15.4 Å². The van der Waals surface area contributed by atoms with Gasteiger partial charge in [0.05, 0.1) is 6.42 Å². The number of ether oxygens (including phenoxy) is 1. The van der Waals surface area contributed by atoms with Gasteiger partial charge >= 0.3 is 0 Å². The van der Waals surface area contributed by atoms with Crippen molar-refractivity contribution < 1.29 is 9.53 Å². The molecule has 160 valence electrons. The first-order valence-corrected chi connectivity index (χ1v) is 10.7. The molecule has 4 aromatic rings. The van der Waals surface area contributed by atoms with Gasteiger partial charge in [-0.3, -0.25) is 4.79 Å². The number of hydrogen-bond acceptors (Lipinski definition) is 3. The summed E-state index contributed by atoms with van der Waals surface area (Å²) in [4.78, 5) is 12.3. The van der Waals surface area contributed by atoms with E-state index >= 15 is 0 Å². The predicted octanol–water partition coefficient (Wildman–Crippen LogP) is 6.58. The zero-order valence-corrected chi connectivity index (χ0v) is 18.0. The van der Waals surface area contributed by atoms with Gasteiger partial charge in [-0.15, -0.1) is 0 Å². The molecule has 1 amide bonds. The second-order valence-corrected chi connectivity index (χ2v) is 7.71. The molecule has 0 bridgehead atoms. The molecule has 0 aliphatic rings. The summed E-state index contributed by atoms with van der Waals surface area (Å²) in [6.07, 6.45) is 0.340. The SMILES string of the molecule is Cc1cccc(NC(=O)Cc2ccc(NCc3cccc(Oc4ccccc4)c3)cc2)c1. The van der Waals surface area contributed by atoms with E-state index < -0.39 is 0 Å². The van der Waals surface area contributed by atoms with Gasteiger partial charge in [-0.05, 0) is 72.1 Å². The molecule has 0 fully saturated rings. The molecule has 32 heavy (non-hydrogen) atoms. The van der Waals surface area contributed by atoms with Crippen LogP contribution in [-0.4, -0.2) is 5.91 Å². The lowest BCUT2D eigenvalue weighted by molar-refractivity contribution is -0.115. The van der Waals surface area contributed by atoms with Crippen LogP contribution in [0.2, 0.25) is 0 Å². The van der Waals surface area contributed by atoms with E-state index in [9.17, 15) is 4.79 Å². The first-order chi connectivity index (χ1) is 15.6. The number of anilines is 2. The Morgan fingerprint density at radius 2 is 1.47 bits per heavy atom. The molecule has 4 nitrogen and oxygen atoms in total. The standard InChI is InChI=1S/C28H26N2O2/c1-21-7-5-9-25(17-21)30-28(31)19-22-13-15-24(16-14-22)29-20-23-8-6-12-27(18-23)32-26-10-3-2-4-11-26/h2-18,29H,19-20H2,1H3,(H,30,31). The van der Waals surface area contributed by atoms with Crippen molar-refractivity contribution in [2.45, 2.75) is 19.9 Å². The number of hydrogen-bond donors (Lipinski definition) is 2. The maximum Gasteiger partial charge on any atom is 0.228 e. The molecule has 0 saturated carbocycles. The first kappa shape index (κ1) is 21.2. The summed E-state index contributed by atoms with van der Waals surface area (Å²) in [5, 5.41) is 6.37. The van der Waals surface area contributed by atoms with Crippen molar-refractivity contribution in [2.24, 2.45) is 0 Å². The lowest BCUT2D eigenvalue weighted by Crippen LogP contribution is -2.14. The van der Waals surface area contributed by atoms with E-state index in [1.165, 1.54) is 0 Å². The van der Waals surface area contributed by atoms with Gasteiger partial charge in [0.15, 0.2) is 0 Å². The highest BCUT2D eigenvalue weighted by Gasteiger charge is 2.05. The maximum absolute atomic E-state index is 12.3. The van der Waals surface area contributed by atoms with Crippen molar-refractivity contribution in [3.05, 3.63) is 120 Å². The predicted molar refractivity (Wildman–Crippen MR) is 130 cm³/mol. The Bertz CT molecular complexity index is 1170. The molecular weight excluding hydrogens is 396 g/mol. The van der Waals surface area contributed by atoms with Gasteiger partial charge in [-0.2, -0.15) is 0 Å². The van der Waals surface area contributed by atoms with E-state index in [0.717, 1.165) is 39.6 Å². The number of rotatable bonds is 8. The van der Waals surface area contributed by atoms with Crippen molar-refractivity contribution in [1.29, 1.82) is 0 Å². The molecule has 0 radical (unpaired) electrons. The third kappa shape index (κ3) is 6.22. The second kappa shape index (κ2) is 10.3. The molecule has 2 N–H and O–H groups in total. The van der Waals surface area contributed by atoms with Crippen molar-refractivity contribution in [1.82, 2.24) is 0 Å². The fourth-order valence-corrected chi connectivity index (χ4v) is 3.40. The van der Waals surface area contributed by atoms with Crippen LogP contribution in [0.25, 0.3) is 0 Å². The molecule has 0 saturated heterocycles. The Kier molecular flexibility index (Phi) is 6.83. The summed E-state index contributed by atoms with van der Waals surface area (Å²) in [6, 6.07) is 33.6. The van der Waals surface area contributed by atoms with E-state index in [4.69, 9.17) is 4.74 Å². The fraction of sp³-hybridized carbons (Fsp3) is 0.107. The summed E-state index contributed by atoms with van der Waals surface area (Å²) < 4.78 is 5.91. The highest BCUT2D eigenvalue weighted by Crippen LogP contribution is 2.22. The van der Waals surface area contributed by atoms with Gasteiger partial charge in [-0.1, -0.05) is 54.6 Å². The highest BCUT2D eigenvalue weighted by molar-refractivity contribution is 5.92. The van der Waals surface area contributed by atoms with Crippen LogP contribution in [0.4, 0.5) is 11.4 Å². The number of benzene rings is 4. The van der Waals surface area contributed by atoms with E-state index in [0.29, 0.717) is 13.0 Å². The molecule has 0 heterocycles. The Morgan fingerprint density at radius 3 is 2.25 bits per heavy atom. The quantitative estimate of drug-likeness (QED) is 0.337. The van der Waals surface area contributed by atoms with Crippen molar-refractivity contribution >= 4 is 17.3 Å². The number of aryl methyl sites for hydroxylation is 1. The van der Waals surface area contributed by atoms with Gasteiger partial charge in [0, 0.05) is 17.9 Å². The summed E-state index contributed by atoms with van der Waals surface area (Å²) in [6.45, 7) is 2.69. The highest BCUT2D eigenvalue weighted by atomic mass is 16.5. The van der Waals surface area contributed by atoms with Crippen LogP contribution in [0, 0.1) is 6.92 Å². The Labute approximate surface area is 188 Å². The van der Waals surface area contributed by atoms with Crippen molar-refractivity contribution in [2.75, 3.05) is 10.6 Å². The summed E-state index contributed by atoms with van der Waals surface area (Å²) in [7, 11) is 0. The molecule has 0 aliphatic carbocycles. The first-order valence-electron chi connectivity index (χ1n) is 10.7. The largest absolute Gasteiger partial charge is 0.457 e. The number of amides is 1. The van der Waals surface area contributed by atoms with Gasteiger partial charge in [0.1, 0.15) is 11.5 Å². The van der Waals surface area contributed by atoms with Crippen LogP contribution in [-0.2, 0) is 17.8 Å². The summed E-state index contributed by atoms with van der Waals surface area (Å²) in [5.74, 6) is 1.61. The monoisotopic (exact) mass is 422 g/mol. The Hall–Kier alpha value is -4.05. The number of carbonyl (C=O) groups excluding carboxylic acids is 1. The molecule has 0 atom stereocenters. The zero-order chi connectivity index (χ0) is 22.2. The molecule has 0 spiro atoms. The Morgan fingerprint density at radius 1 is 0.719 bits per heavy atom. The van der Waals surface area contributed by atoms with E-state index in [1.54, 1.807) is 0 Å². The smallest absolute Gasteiger partial charge is 0.228 e. The average Bonchev–Trinajstić information content (AvgIpc) is 2.79. The molecule has 4 aromatic carbocycles. The number of para-hydroxylation sites is 1. The van der Waals surface area contributed by atoms with Crippen LogP contribution in [0.5, 0.6) is 11.5 Å². The molecular formula is C28H26N2O2. The summed E-state index contributed by atoms with van der Waals surface area (Å²) >= 11 is 0. The average molecular weight is 423 g/mol. The van der Waals surface area contributed by atoms with Crippen LogP contribution in [0.3, 0.4) is 0 Å². The zero-order valence-electron chi connectivity index (χ0n) is 18.0. The van der Waals surface area contributed by atoms with Gasteiger partial charge in [0.2, 0.25) is 5.91 Å². The van der Waals surface area contributed by atoms with Crippen molar-refractivity contribution in [3.8, 4) is 11.5 Å². The van der Waals surface area contributed by atoms with Gasteiger partial charge in [-0.25, -0.2) is 0 Å². The van der Waals surface area contributed by atoms with E-state index in [1.807, 2.05) is 104 Å². The minimum absolute atomic E-state index is 0.0217. The number of carbonyl (C=O) groups is 1. The van der Waals surface area contributed by atoms with Gasteiger partial charge in [0.25, 0.3) is 0 Å². The second-order valence-electron chi connectivity index (χ2n) is 7.71. The topological polar surface area (TPSA) is 50.4 Å². The third-order valence-corrected chi connectivity index (χ3v) is 4.99. The molecule has 4 heteroatoms. The maximum atomic E-state index is 12.3. The molecule has 0 aromatic heterocycles. The number of nitrogens with one attached hydrogen (secondary N) is 2. The Balaban J connectivity index is 1.29. The molecule has 4 rings (SSSR count). The van der Waals surface area contributed by atoms with Crippen LogP contribution >= 0.6 is 0 Å². The third-order valence-electron chi connectivity index (χ3n) is 4.99. The normalized spacial score (nSPS) is 10.4. The van der Waals surface area contributed by atoms with Crippen LogP contribution in [0.15, 0.2) is 103 Å². The lowest BCUT2D eigenvalue weighted by Gasteiger charge is -2.10. The minimum atomic E-state index is -0.0217. The van der Waals surface area contributed by atoms with E-state index in [-0.39, 0.29) is 5.91 Å². The minimum Gasteiger partial charge on any atom is -0.457 e. The van der Waals surface area contributed by atoms with Crippen LogP contribution in [0.1, 0.15) is 16.7 Å². The lowest BCUT2D eigenvalue weighted by atomic mass is 10.1. The fourth-order valence-electron chi connectivity index (χ4n) is 3.40.